The highest BCUT2D eigenvalue weighted by Gasteiger charge is 2.35. The summed E-state index contributed by atoms with van der Waals surface area (Å²) in [4.78, 5) is 2.39. The van der Waals surface area contributed by atoms with Crippen LogP contribution in [0.3, 0.4) is 0 Å². The van der Waals surface area contributed by atoms with E-state index in [9.17, 15) is 0 Å². The Morgan fingerprint density at radius 1 is 1.25 bits per heavy atom. The molecule has 2 aliphatic heterocycles. The maximum Gasteiger partial charge on any atom is 0.161 e. The summed E-state index contributed by atoms with van der Waals surface area (Å²) < 4.78 is 18.9. The van der Waals surface area contributed by atoms with Crippen LogP contribution in [0.4, 0.5) is 0 Å². The van der Waals surface area contributed by atoms with Crippen molar-refractivity contribution in [2.24, 2.45) is 7.05 Å². The molecule has 4 rings (SSSR count). The quantitative estimate of drug-likeness (QED) is 0.848. The number of hydrogen-bond donors (Lipinski definition) is 0. The fourth-order valence-corrected chi connectivity index (χ4v) is 3.49. The van der Waals surface area contributed by atoms with Crippen LogP contribution < -0.4 is 9.47 Å². The Morgan fingerprint density at radius 2 is 2.08 bits per heavy atom. The third-order valence-corrected chi connectivity index (χ3v) is 4.74. The molecule has 1 saturated heterocycles. The molecule has 0 amide bonds. The van der Waals surface area contributed by atoms with Crippen LogP contribution in [0.5, 0.6) is 11.5 Å². The van der Waals surface area contributed by atoms with Gasteiger partial charge in [0.15, 0.2) is 11.5 Å². The lowest BCUT2D eigenvalue weighted by atomic mass is 10.1. The highest BCUT2D eigenvalue weighted by Crippen LogP contribution is 2.35. The molecule has 2 aromatic rings. The minimum Gasteiger partial charge on any atom is -0.486 e. The van der Waals surface area contributed by atoms with Crippen molar-refractivity contribution in [1.82, 2.24) is 19.7 Å². The van der Waals surface area contributed by atoms with Gasteiger partial charge in [-0.2, -0.15) is 0 Å². The molecule has 0 unspecified atom stereocenters. The first-order valence-corrected chi connectivity index (χ1v) is 8.24. The van der Waals surface area contributed by atoms with Crippen molar-refractivity contribution in [1.29, 1.82) is 0 Å². The first-order chi connectivity index (χ1) is 11.7. The molecule has 1 aromatic heterocycles. The van der Waals surface area contributed by atoms with Gasteiger partial charge in [-0.3, -0.25) is 4.90 Å². The number of likely N-dealkylation sites (tertiary alicyclic amines) is 1. The third-order valence-electron chi connectivity index (χ3n) is 4.74. The third kappa shape index (κ3) is 2.85. The van der Waals surface area contributed by atoms with Crippen molar-refractivity contribution >= 4 is 0 Å². The van der Waals surface area contributed by atoms with Crippen molar-refractivity contribution in [2.75, 3.05) is 26.9 Å². The van der Waals surface area contributed by atoms with Crippen LogP contribution in [0, 0.1) is 0 Å². The van der Waals surface area contributed by atoms with E-state index >= 15 is 0 Å². The first kappa shape index (κ1) is 15.4. The molecule has 3 heterocycles. The topological polar surface area (TPSA) is 61.6 Å². The summed E-state index contributed by atoms with van der Waals surface area (Å²) in [6.07, 6.45) is 2.88. The number of aryl methyl sites for hydroxylation is 1. The number of rotatable bonds is 4. The van der Waals surface area contributed by atoms with E-state index in [0.29, 0.717) is 13.2 Å². The zero-order valence-electron chi connectivity index (χ0n) is 14.0. The molecule has 7 nitrogen and oxygen atoms in total. The molecular weight excluding hydrogens is 308 g/mol. The van der Waals surface area contributed by atoms with Crippen molar-refractivity contribution in [3.8, 4) is 11.5 Å². The molecule has 128 valence electrons. The SMILES string of the molecule is CO[C@@H]1C[C@@H](c2nncn2C)N(Cc2ccc3c(c2)OCCO3)C1. The average molecular weight is 330 g/mol. The van der Waals surface area contributed by atoms with Gasteiger partial charge in [0, 0.05) is 27.2 Å². The summed E-state index contributed by atoms with van der Waals surface area (Å²) in [6.45, 7) is 2.91. The Balaban J connectivity index is 1.56. The molecule has 0 aliphatic carbocycles. The van der Waals surface area contributed by atoms with Crippen molar-refractivity contribution < 1.29 is 14.2 Å². The van der Waals surface area contributed by atoms with Crippen LogP contribution in [0.2, 0.25) is 0 Å². The Labute approximate surface area is 141 Å². The van der Waals surface area contributed by atoms with Gasteiger partial charge in [0.2, 0.25) is 0 Å². The number of benzene rings is 1. The molecule has 0 bridgehead atoms. The number of fused-ring (bicyclic) bond motifs is 1. The molecule has 1 fully saturated rings. The van der Waals surface area contributed by atoms with Crippen LogP contribution in [0.15, 0.2) is 24.5 Å². The zero-order valence-corrected chi connectivity index (χ0v) is 14.0. The Hall–Kier alpha value is -2.12. The number of aromatic nitrogens is 3. The summed E-state index contributed by atoms with van der Waals surface area (Å²) in [5.74, 6) is 2.63. The normalized spacial score (nSPS) is 23.6. The maximum atomic E-state index is 5.69. The van der Waals surface area contributed by atoms with Crippen molar-refractivity contribution in [3.05, 3.63) is 35.9 Å². The molecule has 0 saturated carbocycles. The molecule has 1 aromatic carbocycles. The van der Waals surface area contributed by atoms with Crippen LogP contribution in [0.1, 0.15) is 23.9 Å². The second-order valence-corrected chi connectivity index (χ2v) is 6.32. The smallest absolute Gasteiger partial charge is 0.161 e. The molecule has 7 heteroatoms. The minimum absolute atomic E-state index is 0.204. The second kappa shape index (κ2) is 6.41. The van der Waals surface area contributed by atoms with E-state index in [0.717, 1.165) is 36.8 Å². The Kier molecular flexibility index (Phi) is 4.12. The van der Waals surface area contributed by atoms with Crippen molar-refractivity contribution in [3.63, 3.8) is 0 Å². The highest BCUT2D eigenvalue weighted by atomic mass is 16.6. The minimum atomic E-state index is 0.204. The number of nitrogens with zero attached hydrogens (tertiary/aromatic N) is 4. The largest absolute Gasteiger partial charge is 0.486 e. The summed E-state index contributed by atoms with van der Waals surface area (Å²) >= 11 is 0. The second-order valence-electron chi connectivity index (χ2n) is 6.32. The summed E-state index contributed by atoms with van der Waals surface area (Å²) in [7, 11) is 3.75. The molecular formula is C17H22N4O3. The van der Waals surface area contributed by atoms with Crippen molar-refractivity contribution in [2.45, 2.75) is 25.1 Å². The van der Waals surface area contributed by atoms with E-state index in [2.05, 4.69) is 27.2 Å². The van der Waals surface area contributed by atoms with Gasteiger partial charge < -0.3 is 18.8 Å². The molecule has 0 radical (unpaired) electrons. The molecule has 2 atom stereocenters. The fraction of sp³-hybridized carbons (Fsp3) is 0.529. The van der Waals surface area contributed by atoms with Gasteiger partial charge in [-0.05, 0) is 24.1 Å². The standard InChI is InChI=1S/C17H22N4O3/c1-20-11-18-19-17(20)14-8-13(22-2)10-21(14)9-12-3-4-15-16(7-12)24-6-5-23-15/h3-4,7,11,13-14H,5-6,8-10H2,1-2H3/t13-,14+/m1/s1. The van der Waals surface area contributed by atoms with E-state index in [1.54, 1.807) is 13.4 Å². The Bertz CT molecular complexity index is 718. The molecule has 0 N–H and O–H groups in total. The Morgan fingerprint density at radius 3 is 2.83 bits per heavy atom. The molecule has 0 spiro atoms. The zero-order chi connectivity index (χ0) is 16.5. The van der Waals surface area contributed by atoms with E-state index in [1.807, 2.05) is 17.7 Å². The maximum absolute atomic E-state index is 5.69. The lowest BCUT2D eigenvalue weighted by molar-refractivity contribution is 0.107. The summed E-state index contributed by atoms with van der Waals surface area (Å²) in [5, 5.41) is 8.32. The van der Waals surface area contributed by atoms with Gasteiger partial charge in [0.05, 0.1) is 12.1 Å². The van der Waals surface area contributed by atoms with Crippen LogP contribution >= 0.6 is 0 Å². The lowest BCUT2D eigenvalue weighted by Gasteiger charge is -2.24. The van der Waals surface area contributed by atoms with Gasteiger partial charge >= 0.3 is 0 Å². The van der Waals surface area contributed by atoms with E-state index in [-0.39, 0.29) is 12.1 Å². The van der Waals surface area contributed by atoms with Gasteiger partial charge in [-0.25, -0.2) is 0 Å². The van der Waals surface area contributed by atoms with Crippen LogP contribution in [0.25, 0.3) is 0 Å². The molecule has 24 heavy (non-hydrogen) atoms. The van der Waals surface area contributed by atoms with Gasteiger partial charge in [-0.1, -0.05) is 6.07 Å². The van der Waals surface area contributed by atoms with E-state index < -0.39 is 0 Å². The van der Waals surface area contributed by atoms with E-state index in [1.165, 1.54) is 5.56 Å². The highest BCUT2D eigenvalue weighted by molar-refractivity contribution is 5.43. The number of methoxy groups -OCH3 is 1. The number of ether oxygens (including phenoxy) is 3. The predicted octanol–water partition coefficient (Wildman–Crippen LogP) is 1.55. The average Bonchev–Trinajstić information content (AvgIpc) is 3.20. The molecule has 2 aliphatic rings. The summed E-state index contributed by atoms with van der Waals surface area (Å²) in [5.41, 5.74) is 1.20. The summed E-state index contributed by atoms with van der Waals surface area (Å²) in [6, 6.07) is 6.37. The van der Waals surface area contributed by atoms with Crippen LogP contribution in [-0.4, -0.2) is 52.6 Å². The predicted molar refractivity (Wildman–Crippen MR) is 87.0 cm³/mol. The van der Waals surface area contributed by atoms with Gasteiger partial charge in [0.1, 0.15) is 25.4 Å². The fourth-order valence-electron chi connectivity index (χ4n) is 3.49. The van der Waals surface area contributed by atoms with E-state index in [4.69, 9.17) is 14.2 Å². The van der Waals surface area contributed by atoms with Gasteiger partial charge in [0.25, 0.3) is 0 Å². The number of hydrogen-bond acceptors (Lipinski definition) is 6. The van der Waals surface area contributed by atoms with Gasteiger partial charge in [-0.15, -0.1) is 10.2 Å². The van der Waals surface area contributed by atoms with Crippen LogP contribution in [-0.2, 0) is 18.3 Å². The first-order valence-electron chi connectivity index (χ1n) is 8.24. The lowest BCUT2D eigenvalue weighted by Crippen LogP contribution is -2.26. The monoisotopic (exact) mass is 330 g/mol.